The summed E-state index contributed by atoms with van der Waals surface area (Å²) in [6.45, 7) is 0.644. The first kappa shape index (κ1) is 31.9. The minimum Gasteiger partial charge on any atom is -0.507 e. The Kier molecular flexibility index (Phi) is 9.31. The van der Waals surface area contributed by atoms with Gasteiger partial charge in [0.15, 0.2) is 18.2 Å². The smallest absolute Gasteiger partial charge is 0.239 e. The second-order valence-corrected chi connectivity index (χ2v) is 10.4. The number of methoxy groups -OCH3 is 2. The Balaban J connectivity index is 1.61. The summed E-state index contributed by atoms with van der Waals surface area (Å²) in [5, 5.41) is 72.7. The monoisotopic (exact) mass is 622 g/mol. The lowest BCUT2D eigenvalue weighted by atomic mass is 9.97. The summed E-state index contributed by atoms with van der Waals surface area (Å²) in [4.78, 5) is 13.9. The summed E-state index contributed by atoms with van der Waals surface area (Å²) < 4.78 is 39.4. The first-order chi connectivity index (χ1) is 21.0. The van der Waals surface area contributed by atoms with Crippen molar-refractivity contribution in [3.05, 3.63) is 46.6 Å². The molecule has 240 valence electrons. The Morgan fingerprint density at radius 3 is 2.14 bits per heavy atom. The van der Waals surface area contributed by atoms with E-state index >= 15 is 0 Å². The lowest BCUT2D eigenvalue weighted by molar-refractivity contribution is -0.354. The zero-order chi connectivity index (χ0) is 31.9. The van der Waals surface area contributed by atoms with Crippen molar-refractivity contribution in [3.63, 3.8) is 0 Å². The van der Waals surface area contributed by atoms with Gasteiger partial charge in [0, 0.05) is 17.7 Å². The van der Waals surface area contributed by atoms with Crippen molar-refractivity contribution < 1.29 is 68.6 Å². The van der Waals surface area contributed by atoms with E-state index in [0.29, 0.717) is 11.3 Å². The predicted molar refractivity (Wildman–Crippen MR) is 148 cm³/mol. The number of hydrogen-bond acceptors (Lipinski definition) is 15. The highest BCUT2D eigenvalue weighted by Crippen LogP contribution is 2.38. The van der Waals surface area contributed by atoms with Crippen LogP contribution >= 0.6 is 0 Å². The van der Waals surface area contributed by atoms with Crippen LogP contribution in [0.25, 0.3) is 22.3 Å². The summed E-state index contributed by atoms with van der Waals surface area (Å²) in [5.41, 5.74) is -0.583. The highest BCUT2D eigenvalue weighted by molar-refractivity contribution is 5.88. The number of fused-ring (bicyclic) bond motifs is 1. The molecule has 2 aromatic carbocycles. The van der Waals surface area contributed by atoms with Gasteiger partial charge < -0.3 is 68.6 Å². The van der Waals surface area contributed by atoms with Gasteiger partial charge in [-0.2, -0.15) is 0 Å². The lowest BCUT2D eigenvalue weighted by Gasteiger charge is -2.45. The molecule has 0 amide bonds. The molecule has 15 heteroatoms. The van der Waals surface area contributed by atoms with E-state index in [4.69, 9.17) is 32.8 Å². The van der Waals surface area contributed by atoms with E-state index in [1.165, 1.54) is 33.3 Å². The fourth-order valence-corrected chi connectivity index (χ4v) is 5.11. The molecule has 3 heterocycles. The molecule has 0 saturated carbocycles. The molecule has 44 heavy (non-hydrogen) atoms. The molecule has 2 saturated heterocycles. The molecule has 3 aromatic rings. The highest BCUT2D eigenvalue weighted by atomic mass is 16.8. The van der Waals surface area contributed by atoms with Gasteiger partial charge in [-0.25, -0.2) is 0 Å². The van der Waals surface area contributed by atoms with Crippen molar-refractivity contribution in [3.8, 4) is 34.3 Å². The lowest BCUT2D eigenvalue weighted by Crippen LogP contribution is -2.64. The first-order valence-corrected chi connectivity index (χ1v) is 13.7. The second-order valence-electron chi connectivity index (χ2n) is 10.4. The van der Waals surface area contributed by atoms with Gasteiger partial charge in [0.05, 0.1) is 26.9 Å². The molecule has 0 bridgehead atoms. The van der Waals surface area contributed by atoms with Crippen LogP contribution in [0.2, 0.25) is 0 Å². The van der Waals surface area contributed by atoms with Gasteiger partial charge >= 0.3 is 0 Å². The van der Waals surface area contributed by atoms with Crippen LogP contribution in [-0.4, -0.2) is 118 Å². The van der Waals surface area contributed by atoms with Crippen LogP contribution < -0.4 is 19.6 Å². The molecular weight excluding hydrogens is 588 g/mol. The molecular formula is C29H34O15. The molecule has 0 radical (unpaired) electrons. The van der Waals surface area contributed by atoms with Gasteiger partial charge in [-0.15, -0.1) is 0 Å². The maximum absolute atomic E-state index is 13.9. The number of aromatic hydroxyl groups is 1. The molecule has 10 atom stereocenters. The maximum Gasteiger partial charge on any atom is 0.239 e. The van der Waals surface area contributed by atoms with Gasteiger partial charge in [0.2, 0.25) is 17.5 Å². The van der Waals surface area contributed by atoms with Crippen LogP contribution in [-0.2, 0) is 14.2 Å². The third-order valence-corrected chi connectivity index (χ3v) is 7.65. The van der Waals surface area contributed by atoms with E-state index in [1.807, 2.05) is 0 Å². The highest BCUT2D eigenvalue weighted by Gasteiger charge is 2.51. The van der Waals surface area contributed by atoms with Crippen LogP contribution in [0, 0.1) is 0 Å². The molecule has 0 aliphatic carbocycles. The van der Waals surface area contributed by atoms with Crippen molar-refractivity contribution in [2.24, 2.45) is 0 Å². The summed E-state index contributed by atoms with van der Waals surface area (Å²) in [7, 11) is 2.84. The normalized spacial score (nSPS) is 32.4. The summed E-state index contributed by atoms with van der Waals surface area (Å²) in [6, 6.07) is 8.92. The molecule has 0 spiro atoms. The quantitative estimate of drug-likeness (QED) is 0.163. The van der Waals surface area contributed by atoms with E-state index in [0.717, 1.165) is 0 Å². The van der Waals surface area contributed by atoms with Crippen LogP contribution in [0.1, 0.15) is 6.92 Å². The van der Waals surface area contributed by atoms with Gasteiger partial charge in [-0.3, -0.25) is 4.79 Å². The molecule has 2 aliphatic heterocycles. The molecule has 2 aliphatic rings. The summed E-state index contributed by atoms with van der Waals surface area (Å²) in [6.07, 6.45) is -16.0. The third kappa shape index (κ3) is 5.81. The summed E-state index contributed by atoms with van der Waals surface area (Å²) >= 11 is 0. The van der Waals surface area contributed by atoms with Crippen LogP contribution in [0.4, 0.5) is 0 Å². The van der Waals surface area contributed by atoms with Crippen molar-refractivity contribution in [2.75, 3.05) is 20.8 Å². The van der Waals surface area contributed by atoms with Crippen LogP contribution in [0.3, 0.4) is 0 Å². The minimum absolute atomic E-state index is 0.0497. The molecule has 1 aromatic heterocycles. The number of benzene rings is 2. The van der Waals surface area contributed by atoms with Crippen LogP contribution in [0.5, 0.6) is 23.0 Å². The first-order valence-electron chi connectivity index (χ1n) is 13.7. The number of aliphatic hydroxyl groups excluding tert-OH is 6. The number of hydrogen-bond donors (Lipinski definition) is 7. The van der Waals surface area contributed by atoms with Crippen molar-refractivity contribution >= 4 is 11.0 Å². The SMILES string of the molecule is COc1ccc(-c2oc3cc(OC)cc(O)c3c(=O)c2OC2OC(CO)C(O)C(O)C2OC2OC(C)C(O)C(O)C2O)cc1. The Hall–Kier alpha value is -3.51. The average Bonchev–Trinajstić information content (AvgIpc) is 3.02. The fourth-order valence-electron chi connectivity index (χ4n) is 5.11. The zero-order valence-corrected chi connectivity index (χ0v) is 23.8. The Morgan fingerprint density at radius 2 is 1.50 bits per heavy atom. The molecule has 2 fully saturated rings. The van der Waals surface area contributed by atoms with Crippen molar-refractivity contribution in [1.82, 2.24) is 0 Å². The minimum atomic E-state index is -1.84. The van der Waals surface area contributed by atoms with Crippen molar-refractivity contribution in [1.29, 1.82) is 0 Å². The van der Waals surface area contributed by atoms with E-state index in [-0.39, 0.29) is 22.5 Å². The topological polar surface area (TPSA) is 227 Å². The Bertz CT molecular complexity index is 1510. The molecule has 7 N–H and O–H groups in total. The fraction of sp³-hybridized carbons (Fsp3) is 0.483. The standard InChI is InChI=1S/C29H34O15/c1-11-19(32)22(35)24(37)28(40-11)44-27-23(36)20(33)17(10-30)42-29(27)43-26-21(34)18-15(31)8-14(39-3)9-16(18)41-25(26)12-4-6-13(38-2)7-5-12/h4-9,11,17,19-20,22-24,27-33,35-37H,10H2,1-3H3. The van der Waals surface area contributed by atoms with Gasteiger partial charge in [0.1, 0.15) is 64.8 Å². The number of ether oxygens (including phenoxy) is 6. The van der Waals surface area contributed by atoms with Crippen LogP contribution in [0.15, 0.2) is 45.6 Å². The Morgan fingerprint density at radius 1 is 0.818 bits per heavy atom. The third-order valence-electron chi connectivity index (χ3n) is 7.65. The number of rotatable bonds is 8. The number of aliphatic hydroxyl groups is 6. The molecule has 15 nitrogen and oxygen atoms in total. The average molecular weight is 623 g/mol. The molecule has 10 unspecified atom stereocenters. The second kappa shape index (κ2) is 12.8. The van der Waals surface area contributed by atoms with Gasteiger partial charge in [0.25, 0.3) is 0 Å². The van der Waals surface area contributed by atoms with Gasteiger partial charge in [-0.1, -0.05) is 0 Å². The van der Waals surface area contributed by atoms with Crippen molar-refractivity contribution in [2.45, 2.75) is 68.3 Å². The number of phenols is 1. The largest absolute Gasteiger partial charge is 0.507 e. The number of phenolic OH excluding ortho intramolecular Hbond substituents is 1. The van der Waals surface area contributed by atoms with E-state index < -0.39 is 84.9 Å². The Labute approximate surface area is 249 Å². The predicted octanol–water partition coefficient (Wildman–Crippen LogP) is -0.787. The van der Waals surface area contributed by atoms with E-state index in [9.17, 15) is 40.5 Å². The molecule has 5 rings (SSSR count). The van der Waals surface area contributed by atoms with E-state index in [1.54, 1.807) is 24.3 Å². The van der Waals surface area contributed by atoms with Gasteiger partial charge in [-0.05, 0) is 31.2 Å². The maximum atomic E-state index is 13.9. The summed E-state index contributed by atoms with van der Waals surface area (Å²) in [5.74, 6) is -0.427. The van der Waals surface area contributed by atoms with E-state index in [2.05, 4.69) is 0 Å². The zero-order valence-electron chi connectivity index (χ0n) is 23.8.